The Hall–Kier alpha value is -1.02. The van der Waals surface area contributed by atoms with Crippen LogP contribution in [0.25, 0.3) is 0 Å². The van der Waals surface area contributed by atoms with Crippen molar-refractivity contribution < 1.29 is 4.74 Å². The van der Waals surface area contributed by atoms with Gasteiger partial charge in [-0.25, -0.2) is 0 Å². The lowest BCUT2D eigenvalue weighted by Crippen LogP contribution is -2.30. The maximum absolute atomic E-state index is 5.57. The molecule has 0 aliphatic heterocycles. The van der Waals surface area contributed by atoms with E-state index in [0.29, 0.717) is 5.88 Å². The summed E-state index contributed by atoms with van der Waals surface area (Å²) < 4.78 is 6.06. The van der Waals surface area contributed by atoms with Crippen molar-refractivity contribution in [1.29, 1.82) is 0 Å². The van der Waals surface area contributed by atoms with Crippen LogP contribution in [0.3, 0.4) is 0 Å². The third-order valence-electron chi connectivity index (χ3n) is 2.46. The number of rotatable bonds is 5. The summed E-state index contributed by atoms with van der Waals surface area (Å²) in [7, 11) is 1.56. The first-order chi connectivity index (χ1) is 8.72. The largest absolute Gasteiger partial charge is 0.480 e. The Morgan fingerprint density at radius 2 is 2.33 bits per heavy atom. The number of nitrogens with two attached hydrogens (primary N) is 1. The molecular weight excluding hydrogens is 316 g/mol. The molecule has 0 saturated carbocycles. The molecule has 1 unspecified atom stereocenters. The molecule has 0 aliphatic carbocycles. The molecule has 2 rings (SSSR count). The minimum atomic E-state index is -0.0612. The maximum atomic E-state index is 5.57. The van der Waals surface area contributed by atoms with Gasteiger partial charge in [-0.1, -0.05) is 0 Å². The minimum absolute atomic E-state index is 0.0612. The number of hydrogen-bond acceptors (Lipinski definition) is 6. The van der Waals surface area contributed by atoms with Crippen LogP contribution in [-0.2, 0) is 6.42 Å². The first-order valence-corrected chi connectivity index (χ1v) is 6.97. The van der Waals surface area contributed by atoms with E-state index in [0.717, 1.165) is 16.6 Å². The molecule has 18 heavy (non-hydrogen) atoms. The Morgan fingerprint density at radius 1 is 1.50 bits per heavy atom. The second-order valence-corrected chi connectivity index (χ2v) is 5.57. The smallest absolute Gasteiger partial charge is 0.233 e. The van der Waals surface area contributed by atoms with Gasteiger partial charge in [0.2, 0.25) is 5.88 Å². The van der Waals surface area contributed by atoms with Gasteiger partial charge in [0.25, 0.3) is 0 Å². The summed E-state index contributed by atoms with van der Waals surface area (Å²) in [6.45, 7) is 0. The van der Waals surface area contributed by atoms with E-state index in [9.17, 15) is 0 Å². The van der Waals surface area contributed by atoms with Crippen molar-refractivity contribution in [2.45, 2.75) is 12.5 Å². The van der Waals surface area contributed by atoms with E-state index in [4.69, 9.17) is 10.6 Å². The molecule has 2 aromatic rings. The number of ether oxygens (including phenoxy) is 1. The van der Waals surface area contributed by atoms with E-state index >= 15 is 0 Å². The van der Waals surface area contributed by atoms with Gasteiger partial charge < -0.3 is 4.74 Å². The third kappa shape index (κ3) is 3.26. The highest BCUT2D eigenvalue weighted by atomic mass is 79.9. The number of nitrogens with zero attached hydrogens (tertiary/aromatic N) is 2. The molecule has 0 aliphatic rings. The minimum Gasteiger partial charge on any atom is -0.480 e. The Kier molecular flexibility index (Phi) is 4.65. The van der Waals surface area contributed by atoms with Crippen LogP contribution in [0.4, 0.5) is 0 Å². The van der Waals surface area contributed by atoms with Gasteiger partial charge in [-0.15, -0.1) is 16.4 Å². The van der Waals surface area contributed by atoms with Crippen LogP contribution < -0.4 is 16.0 Å². The lowest BCUT2D eigenvalue weighted by molar-refractivity contribution is 0.389. The lowest BCUT2D eigenvalue weighted by Gasteiger charge is -2.13. The summed E-state index contributed by atoms with van der Waals surface area (Å²) in [5.41, 5.74) is 3.56. The predicted octanol–water partition coefficient (Wildman–Crippen LogP) is 2.06. The Labute approximate surface area is 117 Å². The zero-order valence-electron chi connectivity index (χ0n) is 9.76. The topological polar surface area (TPSA) is 73.1 Å². The third-order valence-corrected chi connectivity index (χ3v) is 4.18. The fraction of sp³-hybridized carbons (Fsp3) is 0.273. The van der Waals surface area contributed by atoms with Gasteiger partial charge in [0.1, 0.15) is 0 Å². The van der Waals surface area contributed by atoms with E-state index in [1.54, 1.807) is 24.5 Å². The van der Waals surface area contributed by atoms with E-state index < -0.39 is 0 Å². The molecule has 0 radical (unpaired) electrons. The standard InChI is InChI=1S/C11H13BrN4OS/c1-17-11-3-2-9(15-16-11)10(14-13)5-8-4-7(12)6-18-8/h2-4,6,10,14H,5,13H2,1H3. The van der Waals surface area contributed by atoms with Gasteiger partial charge in [-0.2, -0.15) is 5.10 Å². The summed E-state index contributed by atoms with van der Waals surface area (Å²) in [6.07, 6.45) is 0.772. The fourth-order valence-electron chi connectivity index (χ4n) is 1.54. The van der Waals surface area contributed by atoms with E-state index in [1.165, 1.54) is 4.88 Å². The highest BCUT2D eigenvalue weighted by Crippen LogP contribution is 2.24. The summed E-state index contributed by atoms with van der Waals surface area (Å²) in [6, 6.07) is 5.65. The van der Waals surface area contributed by atoms with E-state index in [2.05, 4.69) is 37.6 Å². The zero-order chi connectivity index (χ0) is 13.0. The molecule has 2 heterocycles. The second-order valence-electron chi connectivity index (χ2n) is 3.66. The average molecular weight is 329 g/mol. The van der Waals surface area contributed by atoms with Gasteiger partial charge in [-0.3, -0.25) is 11.3 Å². The van der Waals surface area contributed by atoms with Crippen molar-refractivity contribution in [3.63, 3.8) is 0 Å². The molecule has 3 N–H and O–H groups in total. The molecule has 0 bridgehead atoms. The summed E-state index contributed by atoms with van der Waals surface area (Å²) in [4.78, 5) is 1.22. The van der Waals surface area contributed by atoms with Crippen LogP contribution in [0.5, 0.6) is 5.88 Å². The first kappa shape index (κ1) is 13.4. The fourth-order valence-corrected chi connectivity index (χ4v) is 3.03. The van der Waals surface area contributed by atoms with E-state index in [1.807, 2.05) is 11.4 Å². The Balaban J connectivity index is 2.12. The van der Waals surface area contributed by atoms with Gasteiger partial charge >= 0.3 is 0 Å². The van der Waals surface area contributed by atoms with Crippen LogP contribution in [-0.4, -0.2) is 17.3 Å². The Morgan fingerprint density at radius 3 is 2.83 bits per heavy atom. The molecule has 1 atom stereocenters. The molecular formula is C11H13BrN4OS. The summed E-state index contributed by atoms with van der Waals surface area (Å²) in [5, 5.41) is 10.1. The number of nitrogens with one attached hydrogen (secondary N) is 1. The molecule has 2 aromatic heterocycles. The molecule has 0 fully saturated rings. The normalized spacial score (nSPS) is 12.4. The number of aromatic nitrogens is 2. The van der Waals surface area contributed by atoms with Crippen molar-refractivity contribution >= 4 is 27.3 Å². The van der Waals surface area contributed by atoms with Gasteiger partial charge in [0, 0.05) is 27.2 Å². The first-order valence-electron chi connectivity index (χ1n) is 5.29. The lowest BCUT2D eigenvalue weighted by atomic mass is 10.1. The monoisotopic (exact) mass is 328 g/mol. The highest BCUT2D eigenvalue weighted by Gasteiger charge is 2.14. The maximum Gasteiger partial charge on any atom is 0.233 e. The number of hydrazine groups is 1. The molecule has 0 amide bonds. The highest BCUT2D eigenvalue weighted by molar-refractivity contribution is 9.10. The van der Waals surface area contributed by atoms with Gasteiger partial charge in [-0.05, 0) is 28.1 Å². The zero-order valence-corrected chi connectivity index (χ0v) is 12.2. The van der Waals surface area contributed by atoms with Crippen molar-refractivity contribution in [3.05, 3.63) is 38.6 Å². The number of hydrogen-bond donors (Lipinski definition) is 2. The van der Waals surface area contributed by atoms with Gasteiger partial charge in [0.15, 0.2) is 0 Å². The van der Waals surface area contributed by atoms with Crippen molar-refractivity contribution in [1.82, 2.24) is 15.6 Å². The van der Waals surface area contributed by atoms with Gasteiger partial charge in [0.05, 0.1) is 18.8 Å². The van der Waals surface area contributed by atoms with Crippen molar-refractivity contribution in [2.75, 3.05) is 7.11 Å². The molecule has 7 heteroatoms. The van der Waals surface area contributed by atoms with Crippen molar-refractivity contribution in [3.8, 4) is 5.88 Å². The van der Waals surface area contributed by atoms with Crippen LogP contribution in [0.2, 0.25) is 0 Å². The van der Waals surface area contributed by atoms with Crippen LogP contribution >= 0.6 is 27.3 Å². The molecule has 0 saturated heterocycles. The average Bonchev–Trinajstić information content (AvgIpc) is 2.82. The number of thiophene rings is 1. The summed E-state index contributed by atoms with van der Waals surface area (Å²) in [5.74, 6) is 6.07. The molecule has 96 valence electrons. The number of methoxy groups -OCH3 is 1. The SMILES string of the molecule is COc1ccc(C(Cc2cc(Br)cs2)NN)nn1. The summed E-state index contributed by atoms with van der Waals surface area (Å²) >= 11 is 5.11. The van der Waals surface area contributed by atoms with Crippen LogP contribution in [0.15, 0.2) is 28.1 Å². The predicted molar refractivity (Wildman–Crippen MR) is 74.4 cm³/mol. The van der Waals surface area contributed by atoms with Crippen molar-refractivity contribution in [2.24, 2.45) is 5.84 Å². The quantitative estimate of drug-likeness (QED) is 0.649. The van der Waals surface area contributed by atoms with Crippen LogP contribution in [0.1, 0.15) is 16.6 Å². The number of halogens is 1. The molecule has 0 spiro atoms. The Bertz CT molecular complexity index is 502. The molecule has 0 aromatic carbocycles. The molecule has 5 nitrogen and oxygen atoms in total. The second kappa shape index (κ2) is 6.24. The van der Waals surface area contributed by atoms with Crippen LogP contribution in [0, 0.1) is 0 Å². The van der Waals surface area contributed by atoms with E-state index in [-0.39, 0.29) is 6.04 Å².